The Morgan fingerprint density at radius 1 is 1.37 bits per heavy atom. The van der Waals surface area contributed by atoms with Crippen molar-refractivity contribution in [1.29, 1.82) is 0 Å². The third-order valence-electron chi connectivity index (χ3n) is 3.24. The Bertz CT molecular complexity index is 420. The van der Waals surface area contributed by atoms with Crippen LogP contribution in [0.25, 0.3) is 0 Å². The maximum absolute atomic E-state index is 12.0. The van der Waals surface area contributed by atoms with Gasteiger partial charge >= 0.3 is 0 Å². The molecule has 1 aromatic carbocycles. The van der Waals surface area contributed by atoms with Crippen LogP contribution in [-0.4, -0.2) is 40.1 Å². The van der Waals surface area contributed by atoms with Gasteiger partial charge in [0.15, 0.2) is 0 Å². The van der Waals surface area contributed by atoms with Gasteiger partial charge in [0.25, 0.3) is 0 Å². The van der Waals surface area contributed by atoms with Crippen molar-refractivity contribution in [3.8, 4) is 0 Å². The summed E-state index contributed by atoms with van der Waals surface area (Å²) in [6.45, 7) is 6.37. The van der Waals surface area contributed by atoms with Crippen LogP contribution in [-0.2, 0) is 11.3 Å². The number of carbonyl (C=O) groups excluding carboxylic acids is 1. The molecular weight excluding hydrogens is 258 g/mol. The number of amides is 1. The van der Waals surface area contributed by atoms with E-state index in [4.69, 9.17) is 0 Å². The molecule has 106 valence electrons. The van der Waals surface area contributed by atoms with Crippen LogP contribution in [0, 0.1) is 6.92 Å². The number of hydrogen-bond acceptors (Lipinski definition) is 3. The summed E-state index contributed by atoms with van der Waals surface area (Å²) in [7, 11) is 1.82. The van der Waals surface area contributed by atoms with Gasteiger partial charge in [0.2, 0.25) is 5.91 Å². The molecule has 0 aliphatic rings. The maximum Gasteiger partial charge on any atom is 0.232 e. The van der Waals surface area contributed by atoms with Crippen LogP contribution < -0.4 is 0 Å². The first-order valence-electron chi connectivity index (χ1n) is 6.50. The van der Waals surface area contributed by atoms with E-state index >= 15 is 0 Å². The molecule has 0 aliphatic carbocycles. The Kier molecular flexibility index (Phi) is 6.38. The predicted molar refractivity (Wildman–Crippen MR) is 81.3 cm³/mol. The summed E-state index contributed by atoms with van der Waals surface area (Å²) >= 11 is 1.49. The smallest absolute Gasteiger partial charge is 0.232 e. The largest absolute Gasteiger partial charge is 0.392 e. The number of aliphatic hydroxyl groups excluding tert-OH is 1. The second-order valence-corrected chi connectivity index (χ2v) is 6.30. The van der Waals surface area contributed by atoms with E-state index in [9.17, 15) is 9.90 Å². The molecule has 0 heterocycles. The van der Waals surface area contributed by atoms with Gasteiger partial charge in [-0.25, -0.2) is 0 Å². The van der Waals surface area contributed by atoms with E-state index in [1.165, 1.54) is 22.9 Å². The van der Waals surface area contributed by atoms with Gasteiger partial charge in [0.1, 0.15) is 0 Å². The topological polar surface area (TPSA) is 40.5 Å². The molecule has 0 spiro atoms. The van der Waals surface area contributed by atoms with E-state index in [1.54, 1.807) is 11.8 Å². The summed E-state index contributed by atoms with van der Waals surface area (Å²) in [6, 6.07) is 8.09. The number of aliphatic hydroxyl groups is 1. The summed E-state index contributed by atoms with van der Waals surface area (Å²) in [5.41, 5.74) is 2.37. The summed E-state index contributed by atoms with van der Waals surface area (Å²) in [4.78, 5) is 13.7. The van der Waals surface area contributed by atoms with Crippen molar-refractivity contribution < 1.29 is 9.90 Å². The van der Waals surface area contributed by atoms with Crippen LogP contribution >= 0.6 is 11.8 Å². The predicted octanol–water partition coefficient (Wildman–Crippen LogP) is 2.46. The molecule has 2 unspecified atom stereocenters. The lowest BCUT2D eigenvalue weighted by Crippen LogP contribution is -2.29. The van der Waals surface area contributed by atoms with E-state index in [0.717, 1.165) is 0 Å². The van der Waals surface area contributed by atoms with Crippen molar-refractivity contribution in [3.63, 3.8) is 0 Å². The van der Waals surface area contributed by atoms with Gasteiger partial charge in [-0.15, -0.1) is 11.8 Å². The zero-order chi connectivity index (χ0) is 14.4. The molecule has 19 heavy (non-hydrogen) atoms. The molecule has 0 radical (unpaired) electrons. The second-order valence-electron chi connectivity index (χ2n) is 4.93. The molecule has 1 aromatic rings. The first kappa shape index (κ1) is 16.1. The first-order valence-corrected chi connectivity index (χ1v) is 7.54. The molecule has 2 atom stereocenters. The number of benzene rings is 1. The van der Waals surface area contributed by atoms with Crippen molar-refractivity contribution in [2.24, 2.45) is 0 Å². The number of thioether (sulfide) groups is 1. The zero-order valence-corrected chi connectivity index (χ0v) is 12.9. The maximum atomic E-state index is 12.0. The Hall–Kier alpha value is -1.000. The number of rotatable bonds is 6. The molecule has 0 fully saturated rings. The first-order chi connectivity index (χ1) is 8.91. The van der Waals surface area contributed by atoms with Crippen LogP contribution in [0.4, 0.5) is 0 Å². The minimum atomic E-state index is -0.389. The van der Waals surface area contributed by atoms with Crippen molar-refractivity contribution >= 4 is 17.7 Å². The summed E-state index contributed by atoms with van der Waals surface area (Å²) in [6.07, 6.45) is -0.389. The molecule has 0 saturated carbocycles. The van der Waals surface area contributed by atoms with Crippen LogP contribution in [0.3, 0.4) is 0 Å². The van der Waals surface area contributed by atoms with Crippen molar-refractivity contribution in [1.82, 2.24) is 4.90 Å². The number of carbonyl (C=O) groups is 1. The van der Waals surface area contributed by atoms with Gasteiger partial charge in [-0.3, -0.25) is 4.79 Å². The fraction of sp³-hybridized carbons (Fsp3) is 0.533. The molecule has 0 saturated heterocycles. The Balaban J connectivity index is 2.47. The highest BCUT2D eigenvalue weighted by atomic mass is 32.2. The molecular formula is C15H23NO2S. The zero-order valence-electron chi connectivity index (χ0n) is 12.1. The van der Waals surface area contributed by atoms with Gasteiger partial charge in [0, 0.05) is 18.8 Å². The molecule has 3 nitrogen and oxygen atoms in total. The fourth-order valence-electron chi connectivity index (χ4n) is 1.58. The van der Waals surface area contributed by atoms with E-state index in [1.807, 2.05) is 32.2 Å². The van der Waals surface area contributed by atoms with Crippen LogP contribution in [0.5, 0.6) is 0 Å². The highest BCUT2D eigenvalue weighted by molar-refractivity contribution is 8.00. The number of nitrogens with zero attached hydrogens (tertiary/aromatic N) is 1. The monoisotopic (exact) mass is 281 g/mol. The van der Waals surface area contributed by atoms with Crippen LogP contribution in [0.1, 0.15) is 25.0 Å². The Morgan fingerprint density at radius 2 is 2.00 bits per heavy atom. The quantitative estimate of drug-likeness (QED) is 0.871. The van der Waals surface area contributed by atoms with Gasteiger partial charge in [-0.05, 0) is 25.0 Å². The van der Waals surface area contributed by atoms with Gasteiger partial charge in [0.05, 0.1) is 11.9 Å². The minimum absolute atomic E-state index is 0.0795. The van der Waals surface area contributed by atoms with E-state index in [0.29, 0.717) is 12.3 Å². The Morgan fingerprint density at radius 3 is 2.58 bits per heavy atom. The van der Waals surface area contributed by atoms with Gasteiger partial charge < -0.3 is 10.0 Å². The molecule has 0 aliphatic heterocycles. The lowest BCUT2D eigenvalue weighted by atomic mass is 10.1. The molecule has 1 amide bonds. The van der Waals surface area contributed by atoms with Crippen LogP contribution in [0.15, 0.2) is 24.3 Å². The van der Waals surface area contributed by atoms with E-state index in [-0.39, 0.29) is 17.3 Å². The summed E-state index contributed by atoms with van der Waals surface area (Å²) in [5, 5.41) is 9.48. The van der Waals surface area contributed by atoms with Crippen molar-refractivity contribution in [2.45, 2.75) is 38.7 Å². The Labute approximate surface area is 120 Å². The number of aryl methyl sites for hydroxylation is 1. The molecule has 0 bridgehead atoms. The summed E-state index contributed by atoms with van der Waals surface area (Å²) < 4.78 is 0. The second kappa shape index (κ2) is 7.56. The normalized spacial score (nSPS) is 13.9. The lowest BCUT2D eigenvalue weighted by molar-refractivity contribution is -0.127. The molecule has 1 rings (SSSR count). The van der Waals surface area contributed by atoms with Gasteiger partial charge in [-0.2, -0.15) is 0 Å². The SMILES string of the molecule is Cc1ccccc1CN(C)C(=O)CSC(C)C(C)O. The minimum Gasteiger partial charge on any atom is -0.392 e. The highest BCUT2D eigenvalue weighted by Gasteiger charge is 2.15. The van der Waals surface area contributed by atoms with Crippen LogP contribution in [0.2, 0.25) is 0 Å². The fourth-order valence-corrected chi connectivity index (χ4v) is 2.49. The molecule has 4 heteroatoms. The average molecular weight is 281 g/mol. The summed E-state index contributed by atoms with van der Waals surface area (Å²) in [5.74, 6) is 0.509. The average Bonchev–Trinajstić information content (AvgIpc) is 2.37. The third kappa shape index (κ3) is 5.25. The van der Waals surface area contributed by atoms with Crippen molar-refractivity contribution in [2.75, 3.05) is 12.8 Å². The third-order valence-corrected chi connectivity index (χ3v) is 4.58. The lowest BCUT2D eigenvalue weighted by Gasteiger charge is -2.20. The van der Waals surface area contributed by atoms with Crippen molar-refractivity contribution in [3.05, 3.63) is 35.4 Å². The van der Waals surface area contributed by atoms with Gasteiger partial charge in [-0.1, -0.05) is 31.2 Å². The standard InChI is InChI=1S/C15H23NO2S/c1-11-7-5-6-8-14(11)9-16(4)15(18)10-19-13(3)12(2)17/h5-8,12-13,17H,9-10H2,1-4H3. The molecule has 0 aromatic heterocycles. The highest BCUT2D eigenvalue weighted by Crippen LogP contribution is 2.16. The number of hydrogen-bond donors (Lipinski definition) is 1. The van der Waals surface area contributed by atoms with E-state index in [2.05, 4.69) is 13.0 Å². The molecule has 1 N–H and O–H groups in total. The van der Waals surface area contributed by atoms with E-state index < -0.39 is 0 Å².